The highest BCUT2D eigenvalue weighted by Crippen LogP contribution is 2.25. The molecule has 0 fully saturated rings. The van der Waals surface area contributed by atoms with Crippen LogP contribution in [0.2, 0.25) is 0 Å². The van der Waals surface area contributed by atoms with E-state index in [9.17, 15) is 9.59 Å². The molecule has 0 atom stereocenters. The molecule has 0 aliphatic heterocycles. The van der Waals surface area contributed by atoms with Gasteiger partial charge < -0.3 is 14.4 Å². The highest BCUT2D eigenvalue weighted by atomic mass is 16.5. The van der Waals surface area contributed by atoms with E-state index in [4.69, 9.17) is 4.74 Å². The molecule has 0 unspecified atom stereocenters. The number of amides is 2. The number of benzene rings is 1. The maximum absolute atomic E-state index is 13.3. The molecule has 0 aliphatic rings. The largest absolute Gasteiger partial charge is 0.481 e. The van der Waals surface area contributed by atoms with Gasteiger partial charge in [0.25, 0.3) is 5.91 Å². The molecule has 0 saturated carbocycles. The van der Waals surface area contributed by atoms with E-state index in [0.717, 1.165) is 22.3 Å². The van der Waals surface area contributed by atoms with Crippen LogP contribution in [-0.2, 0) is 4.74 Å². The number of aryl methyl sites for hydroxylation is 1. The predicted octanol–water partition coefficient (Wildman–Crippen LogP) is 3.59. The molecule has 0 bridgehead atoms. The lowest BCUT2D eigenvalue weighted by atomic mass is 10.1. The molecule has 2 amide bonds. The number of fused-ring (bicyclic) bond motifs is 1. The van der Waals surface area contributed by atoms with Gasteiger partial charge in [0.05, 0.1) is 42.8 Å². The summed E-state index contributed by atoms with van der Waals surface area (Å²) >= 11 is 0. The standard InChI is InChI=1S/C23H22N6O4/c1-14-9-15(22(30)28(2)16-7-8-24-20(11-16)32-3)10-18-21(14)26-13-29(18)17-5-6-19(25-12-17)27-23(31)33-4/h5-13H,1-4H3,(H,25,27,31). The number of nitrogens with zero attached hydrogens (tertiary/aromatic N) is 5. The molecule has 10 heteroatoms. The molecule has 0 radical (unpaired) electrons. The quantitative estimate of drug-likeness (QED) is 0.499. The lowest BCUT2D eigenvalue weighted by Crippen LogP contribution is -2.26. The van der Waals surface area contributed by atoms with Crippen molar-refractivity contribution >= 4 is 34.5 Å². The Hall–Kier alpha value is -4.47. The number of aromatic nitrogens is 4. The first-order valence-electron chi connectivity index (χ1n) is 9.98. The number of methoxy groups -OCH3 is 2. The van der Waals surface area contributed by atoms with Crippen LogP contribution in [0.4, 0.5) is 16.3 Å². The van der Waals surface area contributed by atoms with Crippen LogP contribution in [0.3, 0.4) is 0 Å². The van der Waals surface area contributed by atoms with E-state index in [2.05, 4.69) is 25.0 Å². The molecule has 0 saturated heterocycles. The summed E-state index contributed by atoms with van der Waals surface area (Å²) in [6, 6.07) is 10.5. The van der Waals surface area contributed by atoms with Crippen molar-refractivity contribution in [2.45, 2.75) is 6.92 Å². The van der Waals surface area contributed by atoms with Crippen LogP contribution < -0.4 is 15.0 Å². The number of hydrogen-bond donors (Lipinski definition) is 1. The van der Waals surface area contributed by atoms with Gasteiger partial charge in [-0.1, -0.05) is 0 Å². The fraction of sp³-hybridized carbons (Fsp3) is 0.174. The van der Waals surface area contributed by atoms with E-state index in [1.807, 2.05) is 17.6 Å². The Labute approximate surface area is 189 Å². The third-order valence-corrected chi connectivity index (χ3v) is 5.15. The number of carbonyl (C=O) groups excluding carboxylic acids is 2. The Kier molecular flexibility index (Phi) is 5.90. The first kappa shape index (κ1) is 21.8. The number of ether oxygens (including phenoxy) is 2. The van der Waals surface area contributed by atoms with Crippen molar-refractivity contribution in [2.75, 3.05) is 31.5 Å². The summed E-state index contributed by atoms with van der Waals surface area (Å²) in [6.07, 6.45) is 4.27. The van der Waals surface area contributed by atoms with E-state index in [0.29, 0.717) is 22.9 Å². The fourth-order valence-electron chi connectivity index (χ4n) is 3.41. The molecule has 168 valence electrons. The summed E-state index contributed by atoms with van der Waals surface area (Å²) < 4.78 is 11.6. The van der Waals surface area contributed by atoms with Crippen molar-refractivity contribution in [3.63, 3.8) is 0 Å². The summed E-state index contributed by atoms with van der Waals surface area (Å²) in [5.74, 6) is 0.600. The third kappa shape index (κ3) is 4.31. The van der Waals surface area contributed by atoms with E-state index in [1.165, 1.54) is 14.2 Å². The van der Waals surface area contributed by atoms with Crippen LogP contribution in [0.15, 0.2) is 55.1 Å². The van der Waals surface area contributed by atoms with Crippen molar-refractivity contribution in [3.05, 3.63) is 66.2 Å². The monoisotopic (exact) mass is 446 g/mol. The summed E-state index contributed by atoms with van der Waals surface area (Å²) in [7, 11) is 4.51. The van der Waals surface area contributed by atoms with Gasteiger partial charge in [-0.15, -0.1) is 0 Å². The Morgan fingerprint density at radius 1 is 1.06 bits per heavy atom. The molecule has 0 aliphatic carbocycles. The van der Waals surface area contributed by atoms with Crippen molar-refractivity contribution in [1.29, 1.82) is 0 Å². The van der Waals surface area contributed by atoms with Gasteiger partial charge >= 0.3 is 6.09 Å². The molecule has 0 spiro atoms. The van der Waals surface area contributed by atoms with Crippen LogP contribution in [0, 0.1) is 6.92 Å². The first-order chi connectivity index (χ1) is 15.9. The predicted molar refractivity (Wildman–Crippen MR) is 123 cm³/mol. The lowest BCUT2D eigenvalue weighted by Gasteiger charge is -2.18. The average molecular weight is 446 g/mol. The Morgan fingerprint density at radius 3 is 2.58 bits per heavy atom. The van der Waals surface area contributed by atoms with Gasteiger partial charge in [-0.05, 0) is 42.8 Å². The molecule has 33 heavy (non-hydrogen) atoms. The second kappa shape index (κ2) is 8.95. The van der Waals surface area contributed by atoms with Gasteiger partial charge in [-0.2, -0.15) is 0 Å². The molecule has 1 aromatic carbocycles. The first-order valence-corrected chi connectivity index (χ1v) is 9.98. The van der Waals surface area contributed by atoms with Crippen molar-refractivity contribution in [1.82, 2.24) is 19.5 Å². The lowest BCUT2D eigenvalue weighted by molar-refractivity contribution is 0.0993. The number of carbonyl (C=O) groups is 2. The summed E-state index contributed by atoms with van der Waals surface area (Å²) in [5.41, 5.74) is 4.30. The van der Waals surface area contributed by atoms with Gasteiger partial charge in [-0.3, -0.25) is 14.7 Å². The minimum Gasteiger partial charge on any atom is -0.481 e. The molecular weight excluding hydrogens is 424 g/mol. The van der Waals surface area contributed by atoms with Crippen LogP contribution in [0.25, 0.3) is 16.7 Å². The highest BCUT2D eigenvalue weighted by Gasteiger charge is 2.18. The van der Waals surface area contributed by atoms with Gasteiger partial charge in [0.15, 0.2) is 0 Å². The van der Waals surface area contributed by atoms with E-state index in [-0.39, 0.29) is 5.91 Å². The maximum atomic E-state index is 13.3. The van der Waals surface area contributed by atoms with Crippen LogP contribution in [0.5, 0.6) is 5.88 Å². The Balaban J connectivity index is 1.68. The average Bonchev–Trinajstić information content (AvgIpc) is 3.28. The van der Waals surface area contributed by atoms with Crippen LogP contribution in [0.1, 0.15) is 15.9 Å². The number of nitrogens with one attached hydrogen (secondary N) is 1. The third-order valence-electron chi connectivity index (χ3n) is 5.15. The smallest absolute Gasteiger partial charge is 0.412 e. The summed E-state index contributed by atoms with van der Waals surface area (Å²) in [4.78, 5) is 39.0. The van der Waals surface area contributed by atoms with E-state index < -0.39 is 6.09 Å². The molecule has 1 N–H and O–H groups in total. The zero-order chi connectivity index (χ0) is 23.5. The van der Waals surface area contributed by atoms with Gasteiger partial charge in [0.1, 0.15) is 12.1 Å². The van der Waals surface area contributed by atoms with Crippen LogP contribution >= 0.6 is 0 Å². The number of anilines is 2. The van der Waals surface area contributed by atoms with Gasteiger partial charge in [0.2, 0.25) is 5.88 Å². The topological polar surface area (TPSA) is 111 Å². The number of hydrogen-bond acceptors (Lipinski definition) is 7. The van der Waals surface area contributed by atoms with Gasteiger partial charge in [-0.25, -0.2) is 19.7 Å². The Morgan fingerprint density at radius 2 is 1.88 bits per heavy atom. The second-order valence-electron chi connectivity index (χ2n) is 7.21. The molecule has 3 aromatic heterocycles. The normalized spacial score (nSPS) is 10.7. The molecule has 4 aromatic rings. The van der Waals surface area contributed by atoms with Crippen LogP contribution in [-0.4, -0.2) is 52.8 Å². The highest BCUT2D eigenvalue weighted by molar-refractivity contribution is 6.07. The Bertz CT molecular complexity index is 1330. The fourth-order valence-corrected chi connectivity index (χ4v) is 3.41. The zero-order valence-corrected chi connectivity index (χ0v) is 18.6. The second-order valence-corrected chi connectivity index (χ2v) is 7.21. The van der Waals surface area contributed by atoms with Crippen molar-refractivity contribution < 1.29 is 19.1 Å². The minimum absolute atomic E-state index is 0.184. The maximum Gasteiger partial charge on any atom is 0.412 e. The van der Waals surface area contributed by atoms with Gasteiger partial charge in [0, 0.05) is 24.9 Å². The number of imidazole rings is 1. The molecule has 3 heterocycles. The molecule has 4 rings (SSSR count). The number of pyridine rings is 2. The van der Waals surface area contributed by atoms with E-state index in [1.54, 1.807) is 61.0 Å². The molecule has 10 nitrogen and oxygen atoms in total. The van der Waals surface area contributed by atoms with Crippen molar-refractivity contribution in [3.8, 4) is 11.6 Å². The molecular formula is C23H22N6O4. The van der Waals surface area contributed by atoms with Crippen molar-refractivity contribution in [2.24, 2.45) is 0 Å². The summed E-state index contributed by atoms with van der Waals surface area (Å²) in [6.45, 7) is 1.91. The SMILES string of the molecule is COC(=O)Nc1ccc(-n2cnc3c(C)cc(C(=O)N(C)c4ccnc(OC)c4)cc32)cn1. The zero-order valence-electron chi connectivity index (χ0n) is 18.6. The summed E-state index contributed by atoms with van der Waals surface area (Å²) in [5, 5.41) is 2.51. The number of rotatable bonds is 5. The van der Waals surface area contributed by atoms with E-state index >= 15 is 0 Å². The minimum atomic E-state index is -0.599.